The number of rotatable bonds is 9. The largest absolute Gasteiger partial charge is 0.494 e. The number of nitrogens with one attached hydrogen (secondary N) is 1. The van der Waals surface area contributed by atoms with Crippen LogP contribution in [0.1, 0.15) is 52.1 Å². The van der Waals surface area contributed by atoms with Gasteiger partial charge in [0.1, 0.15) is 11.8 Å². The number of hydrogen-bond donors (Lipinski definition) is 1. The van der Waals surface area contributed by atoms with Crippen LogP contribution in [0.5, 0.6) is 5.75 Å². The van der Waals surface area contributed by atoms with Crippen LogP contribution in [0, 0.1) is 0 Å². The Morgan fingerprint density at radius 1 is 1.17 bits per heavy atom. The Bertz CT molecular complexity index is 877. The van der Waals surface area contributed by atoms with E-state index in [-0.39, 0.29) is 5.97 Å². The van der Waals surface area contributed by atoms with E-state index in [4.69, 9.17) is 9.47 Å². The topological polar surface area (TPSA) is 78.3 Å². The van der Waals surface area contributed by atoms with Crippen molar-refractivity contribution in [1.29, 1.82) is 0 Å². The van der Waals surface area contributed by atoms with Gasteiger partial charge in [-0.2, -0.15) is 4.98 Å². The van der Waals surface area contributed by atoms with Gasteiger partial charge in [-0.15, -0.1) is 5.10 Å². The molecule has 0 aliphatic carbocycles. The van der Waals surface area contributed by atoms with Gasteiger partial charge in [0.2, 0.25) is 11.1 Å². The minimum absolute atomic E-state index is 0.334. The minimum atomic E-state index is -0.408. The number of anilines is 1. The van der Waals surface area contributed by atoms with Crippen LogP contribution in [-0.2, 0) is 9.53 Å². The molecule has 0 saturated carbocycles. The second kappa shape index (κ2) is 9.82. The summed E-state index contributed by atoms with van der Waals surface area (Å²) in [5.41, 5.74) is 2.21. The second-order valence-corrected chi connectivity index (χ2v) is 7.95. The summed E-state index contributed by atoms with van der Waals surface area (Å²) in [6.07, 6.45) is 1.72. The summed E-state index contributed by atoms with van der Waals surface area (Å²) in [4.78, 5) is 17.5. The van der Waals surface area contributed by atoms with Crippen molar-refractivity contribution >= 4 is 23.7 Å². The molecule has 0 bridgehead atoms. The number of fused-ring (bicyclic) bond motifs is 1. The molecule has 0 saturated heterocycles. The van der Waals surface area contributed by atoms with Crippen molar-refractivity contribution in [2.24, 2.45) is 0 Å². The van der Waals surface area contributed by atoms with Crippen molar-refractivity contribution in [2.45, 2.75) is 51.7 Å². The molecule has 0 spiro atoms. The molecule has 8 heteroatoms. The number of thioether (sulfide) groups is 1. The highest BCUT2D eigenvalue weighted by atomic mass is 32.2. The number of carbonyl (C=O) groups excluding carboxylic acids is 1. The first-order valence-corrected chi connectivity index (χ1v) is 11.0. The number of nitrogens with zero attached hydrogens (tertiary/aromatic N) is 3. The van der Waals surface area contributed by atoms with Crippen LogP contribution in [0.4, 0.5) is 5.95 Å². The predicted molar refractivity (Wildman–Crippen MR) is 114 cm³/mol. The standard InChI is InChI=1S/C21H28N4O3S/c1-5-12-27-16-10-8-15(9-11-16)18-17(19(26)28-13-6-2)14(4)22-20-23-21(29-7-3)24-25(18)20/h8-11,18H,5-7,12-13H2,1-4H3,(H,22,23,24). The number of benzene rings is 1. The lowest BCUT2D eigenvalue weighted by Gasteiger charge is -2.28. The van der Waals surface area contributed by atoms with Crippen molar-refractivity contribution in [3.63, 3.8) is 0 Å². The third kappa shape index (κ3) is 4.75. The SMILES string of the molecule is CCCOC(=O)C1=C(C)Nc2nc(SCC)nn2C1c1ccc(OCCC)cc1. The van der Waals surface area contributed by atoms with Crippen molar-refractivity contribution < 1.29 is 14.3 Å². The number of ether oxygens (including phenoxy) is 2. The van der Waals surface area contributed by atoms with Gasteiger partial charge in [0, 0.05) is 5.70 Å². The first-order valence-electron chi connectivity index (χ1n) is 10.1. The van der Waals surface area contributed by atoms with E-state index in [1.807, 2.05) is 38.1 Å². The molecule has 1 atom stereocenters. The Morgan fingerprint density at radius 2 is 1.90 bits per heavy atom. The molecule has 1 N–H and O–H groups in total. The molecular weight excluding hydrogens is 388 g/mol. The highest BCUT2D eigenvalue weighted by Crippen LogP contribution is 2.37. The van der Waals surface area contributed by atoms with Crippen molar-refractivity contribution in [3.05, 3.63) is 41.1 Å². The molecule has 1 aliphatic heterocycles. The zero-order valence-electron chi connectivity index (χ0n) is 17.4. The number of esters is 1. The molecule has 0 amide bonds. The summed E-state index contributed by atoms with van der Waals surface area (Å²) >= 11 is 1.56. The fourth-order valence-electron chi connectivity index (χ4n) is 3.13. The highest BCUT2D eigenvalue weighted by molar-refractivity contribution is 7.99. The number of carbonyl (C=O) groups is 1. The Kier molecular flexibility index (Phi) is 7.19. The van der Waals surface area contributed by atoms with E-state index in [9.17, 15) is 4.79 Å². The van der Waals surface area contributed by atoms with Crippen molar-refractivity contribution in [3.8, 4) is 5.75 Å². The molecule has 1 aliphatic rings. The normalized spacial score (nSPS) is 15.7. The summed E-state index contributed by atoms with van der Waals surface area (Å²) in [6.45, 7) is 9.03. The zero-order valence-corrected chi connectivity index (χ0v) is 18.2. The van der Waals surface area contributed by atoms with Gasteiger partial charge >= 0.3 is 5.97 Å². The monoisotopic (exact) mass is 416 g/mol. The lowest BCUT2D eigenvalue weighted by Crippen LogP contribution is -2.29. The van der Waals surface area contributed by atoms with E-state index in [1.54, 1.807) is 16.4 Å². The number of hydrogen-bond acceptors (Lipinski definition) is 7. The lowest BCUT2D eigenvalue weighted by molar-refractivity contribution is -0.139. The fourth-order valence-corrected chi connectivity index (χ4v) is 3.69. The molecule has 3 rings (SSSR count). The van der Waals surface area contributed by atoms with Crippen LogP contribution in [0.2, 0.25) is 0 Å². The maximum Gasteiger partial charge on any atom is 0.338 e. The molecule has 156 valence electrons. The van der Waals surface area contributed by atoms with Gasteiger partial charge in [0.25, 0.3) is 0 Å². The smallest absolute Gasteiger partial charge is 0.338 e. The molecule has 2 aromatic rings. The minimum Gasteiger partial charge on any atom is -0.494 e. The molecule has 2 heterocycles. The van der Waals surface area contributed by atoms with Gasteiger partial charge in [-0.1, -0.05) is 44.7 Å². The van der Waals surface area contributed by atoms with Crippen molar-refractivity contribution in [2.75, 3.05) is 24.3 Å². The van der Waals surface area contributed by atoms with Crippen LogP contribution >= 0.6 is 11.8 Å². The highest BCUT2D eigenvalue weighted by Gasteiger charge is 2.35. The number of aromatic nitrogens is 3. The molecule has 1 aromatic carbocycles. The summed E-state index contributed by atoms with van der Waals surface area (Å²) < 4.78 is 12.9. The quantitative estimate of drug-likeness (QED) is 0.479. The first kappa shape index (κ1) is 21.2. The average molecular weight is 417 g/mol. The first-order chi connectivity index (χ1) is 14.1. The van der Waals surface area contributed by atoms with Crippen LogP contribution in [-0.4, -0.2) is 39.7 Å². The van der Waals surface area contributed by atoms with E-state index in [0.29, 0.717) is 29.9 Å². The van der Waals surface area contributed by atoms with Gasteiger partial charge in [-0.3, -0.25) is 0 Å². The van der Waals surface area contributed by atoms with Crippen molar-refractivity contribution in [1.82, 2.24) is 14.8 Å². The molecule has 1 unspecified atom stereocenters. The van der Waals surface area contributed by atoms with E-state index in [0.717, 1.165) is 35.6 Å². The van der Waals surface area contributed by atoms with Gasteiger partial charge in [0.15, 0.2) is 0 Å². The van der Waals surface area contributed by atoms with Crippen LogP contribution < -0.4 is 10.1 Å². The predicted octanol–water partition coefficient (Wildman–Crippen LogP) is 4.42. The molecule has 0 radical (unpaired) electrons. The third-order valence-corrected chi connectivity index (χ3v) is 5.15. The maximum atomic E-state index is 12.9. The van der Waals surface area contributed by atoms with Gasteiger partial charge in [-0.05, 0) is 43.2 Å². The maximum absolute atomic E-state index is 12.9. The van der Waals surface area contributed by atoms with Gasteiger partial charge in [0.05, 0.1) is 18.8 Å². The Hall–Kier alpha value is -2.48. The zero-order chi connectivity index (χ0) is 20.8. The molecule has 7 nitrogen and oxygen atoms in total. The van der Waals surface area contributed by atoms with E-state index in [1.165, 1.54) is 0 Å². The lowest BCUT2D eigenvalue weighted by atomic mass is 9.96. The molecule has 1 aromatic heterocycles. The van der Waals surface area contributed by atoms with E-state index in [2.05, 4.69) is 29.2 Å². The summed E-state index contributed by atoms with van der Waals surface area (Å²) in [5.74, 6) is 1.97. The van der Waals surface area contributed by atoms with E-state index < -0.39 is 6.04 Å². The summed E-state index contributed by atoms with van der Waals surface area (Å²) in [7, 11) is 0. The molecular formula is C21H28N4O3S. The summed E-state index contributed by atoms with van der Waals surface area (Å²) in [6, 6.07) is 7.39. The second-order valence-electron chi connectivity index (χ2n) is 6.72. The molecule has 0 fully saturated rings. The number of allylic oxidation sites excluding steroid dienone is 1. The van der Waals surface area contributed by atoms with Crippen LogP contribution in [0.15, 0.2) is 40.7 Å². The average Bonchev–Trinajstić information content (AvgIpc) is 3.12. The summed E-state index contributed by atoms with van der Waals surface area (Å²) in [5, 5.41) is 8.55. The Labute approximate surface area is 175 Å². The third-order valence-electron chi connectivity index (χ3n) is 4.43. The van der Waals surface area contributed by atoms with Crippen LogP contribution in [0.3, 0.4) is 0 Å². The van der Waals surface area contributed by atoms with Gasteiger partial charge < -0.3 is 14.8 Å². The molecule has 29 heavy (non-hydrogen) atoms. The van der Waals surface area contributed by atoms with E-state index >= 15 is 0 Å². The Balaban J connectivity index is 2.01. The van der Waals surface area contributed by atoms with Crippen LogP contribution in [0.25, 0.3) is 0 Å². The fraction of sp³-hybridized carbons (Fsp3) is 0.476. The Morgan fingerprint density at radius 3 is 2.55 bits per heavy atom. The van der Waals surface area contributed by atoms with Gasteiger partial charge in [-0.25, -0.2) is 9.48 Å².